The van der Waals surface area contributed by atoms with Gasteiger partial charge in [-0.1, -0.05) is 0 Å². The lowest BCUT2D eigenvalue weighted by Crippen LogP contribution is -2.46. The molecule has 1 N–H and O–H groups in total. The number of aryl methyl sites for hydroxylation is 1. The fourth-order valence-corrected chi connectivity index (χ4v) is 5.29. The average molecular weight is 260 g/mol. The van der Waals surface area contributed by atoms with Crippen LogP contribution in [0.15, 0.2) is 0 Å². The zero-order chi connectivity index (χ0) is 13.0. The molecular formula is C15H24N4. The molecule has 4 heteroatoms. The van der Waals surface area contributed by atoms with Gasteiger partial charge < -0.3 is 5.32 Å². The summed E-state index contributed by atoms with van der Waals surface area (Å²) in [5.41, 5.74) is 0. The molecule has 0 saturated heterocycles. The highest BCUT2D eigenvalue weighted by atomic mass is 15.4. The van der Waals surface area contributed by atoms with E-state index >= 15 is 0 Å². The fourth-order valence-electron chi connectivity index (χ4n) is 5.29. The molecule has 0 aromatic carbocycles. The van der Waals surface area contributed by atoms with Gasteiger partial charge in [0.1, 0.15) is 11.6 Å². The zero-order valence-electron chi connectivity index (χ0n) is 12.0. The van der Waals surface area contributed by atoms with Crippen molar-refractivity contribution < 1.29 is 0 Å². The molecule has 4 nitrogen and oxygen atoms in total. The second-order valence-electron chi connectivity index (χ2n) is 6.97. The van der Waals surface area contributed by atoms with Crippen LogP contribution in [0.2, 0.25) is 0 Å². The summed E-state index contributed by atoms with van der Waals surface area (Å²) in [6.45, 7) is 2.86. The summed E-state index contributed by atoms with van der Waals surface area (Å²) in [6, 6.07) is 0.636. The molecule has 1 aromatic heterocycles. The molecule has 4 fully saturated rings. The standard InChI is InChI=1S/C15H24N4/c1-9-17-14(8-16-2)19(18-9)15-12-4-10-3-11(6-12)7-13(15)5-10/h10-13,15-16H,3-8H2,1-2H3. The quantitative estimate of drug-likeness (QED) is 0.907. The van der Waals surface area contributed by atoms with Crippen molar-refractivity contribution >= 4 is 0 Å². The van der Waals surface area contributed by atoms with Crippen molar-refractivity contribution in [2.75, 3.05) is 7.05 Å². The normalized spacial score (nSPS) is 40.0. The first-order valence-corrected chi connectivity index (χ1v) is 7.81. The Morgan fingerprint density at radius 1 is 1.11 bits per heavy atom. The first kappa shape index (κ1) is 11.9. The van der Waals surface area contributed by atoms with Gasteiger partial charge in [-0.2, -0.15) is 5.10 Å². The number of hydrogen-bond donors (Lipinski definition) is 1. The van der Waals surface area contributed by atoms with Crippen LogP contribution in [0.5, 0.6) is 0 Å². The zero-order valence-corrected chi connectivity index (χ0v) is 12.0. The molecule has 4 aliphatic rings. The second kappa shape index (κ2) is 4.30. The number of aromatic nitrogens is 3. The van der Waals surface area contributed by atoms with Crippen molar-refractivity contribution in [3.8, 4) is 0 Å². The van der Waals surface area contributed by atoms with E-state index in [-0.39, 0.29) is 0 Å². The number of nitrogens with one attached hydrogen (secondary N) is 1. The predicted octanol–water partition coefficient (Wildman–Crippen LogP) is 2.30. The van der Waals surface area contributed by atoms with E-state index in [0.717, 1.165) is 41.9 Å². The molecule has 0 atom stereocenters. The molecule has 0 spiro atoms. The van der Waals surface area contributed by atoms with Crippen molar-refractivity contribution in [3.63, 3.8) is 0 Å². The molecule has 104 valence electrons. The van der Waals surface area contributed by atoms with E-state index in [0.29, 0.717) is 6.04 Å². The topological polar surface area (TPSA) is 42.7 Å². The van der Waals surface area contributed by atoms with Gasteiger partial charge in [-0.25, -0.2) is 9.67 Å². The molecule has 0 aliphatic heterocycles. The Morgan fingerprint density at radius 2 is 1.74 bits per heavy atom. The summed E-state index contributed by atoms with van der Waals surface area (Å²) >= 11 is 0. The second-order valence-corrected chi connectivity index (χ2v) is 6.97. The SMILES string of the molecule is CNCc1nc(C)nn1C1C2CC3CC(C2)CC1C3. The Balaban J connectivity index is 1.68. The summed E-state index contributed by atoms with van der Waals surface area (Å²) < 4.78 is 2.29. The van der Waals surface area contributed by atoms with E-state index in [1.165, 1.54) is 32.1 Å². The largest absolute Gasteiger partial charge is 0.313 e. The van der Waals surface area contributed by atoms with Crippen LogP contribution in [-0.2, 0) is 6.54 Å². The van der Waals surface area contributed by atoms with Gasteiger partial charge in [0, 0.05) is 0 Å². The summed E-state index contributed by atoms with van der Waals surface area (Å²) in [5, 5.41) is 7.98. The predicted molar refractivity (Wildman–Crippen MR) is 73.6 cm³/mol. The molecule has 5 rings (SSSR count). The van der Waals surface area contributed by atoms with Crippen molar-refractivity contribution in [3.05, 3.63) is 11.6 Å². The minimum Gasteiger partial charge on any atom is -0.313 e. The first-order chi connectivity index (χ1) is 9.24. The van der Waals surface area contributed by atoms with Gasteiger partial charge in [0.05, 0.1) is 12.6 Å². The van der Waals surface area contributed by atoms with E-state index in [1.54, 1.807) is 0 Å². The van der Waals surface area contributed by atoms with Gasteiger partial charge in [0.2, 0.25) is 0 Å². The third-order valence-electron chi connectivity index (χ3n) is 5.60. The highest BCUT2D eigenvalue weighted by Crippen LogP contribution is 2.58. The van der Waals surface area contributed by atoms with Crippen molar-refractivity contribution in [1.29, 1.82) is 0 Å². The van der Waals surface area contributed by atoms with Gasteiger partial charge >= 0.3 is 0 Å². The minimum absolute atomic E-state index is 0.636. The summed E-state index contributed by atoms with van der Waals surface area (Å²) in [4.78, 5) is 4.62. The molecule has 1 aromatic rings. The lowest BCUT2D eigenvalue weighted by molar-refractivity contribution is -0.0349. The summed E-state index contributed by atoms with van der Waals surface area (Å²) in [6.07, 6.45) is 7.27. The van der Waals surface area contributed by atoms with E-state index in [2.05, 4.69) is 15.0 Å². The Bertz CT molecular complexity index is 450. The van der Waals surface area contributed by atoms with Crippen molar-refractivity contribution in [2.45, 2.75) is 51.6 Å². The van der Waals surface area contributed by atoms with Crippen LogP contribution in [0.25, 0.3) is 0 Å². The maximum atomic E-state index is 4.74. The fraction of sp³-hybridized carbons (Fsp3) is 0.867. The van der Waals surface area contributed by atoms with Crippen LogP contribution in [0, 0.1) is 30.6 Å². The third-order valence-corrected chi connectivity index (χ3v) is 5.60. The smallest absolute Gasteiger partial charge is 0.147 e. The van der Waals surface area contributed by atoms with Gasteiger partial charge in [-0.15, -0.1) is 0 Å². The monoisotopic (exact) mass is 260 g/mol. The molecule has 0 unspecified atom stereocenters. The van der Waals surface area contributed by atoms with E-state index < -0.39 is 0 Å². The Hall–Kier alpha value is -0.900. The van der Waals surface area contributed by atoms with Crippen LogP contribution in [0.1, 0.15) is 49.8 Å². The third kappa shape index (κ3) is 1.83. The lowest BCUT2D eigenvalue weighted by Gasteiger charge is -2.54. The molecule has 19 heavy (non-hydrogen) atoms. The Labute approximate surface area is 115 Å². The van der Waals surface area contributed by atoms with Crippen LogP contribution in [-0.4, -0.2) is 21.8 Å². The number of hydrogen-bond acceptors (Lipinski definition) is 3. The molecule has 0 amide bonds. The lowest BCUT2D eigenvalue weighted by atomic mass is 9.54. The number of rotatable bonds is 3. The highest BCUT2D eigenvalue weighted by Gasteiger charge is 2.49. The molecule has 1 heterocycles. The maximum Gasteiger partial charge on any atom is 0.147 e. The highest BCUT2D eigenvalue weighted by molar-refractivity contribution is 5.04. The van der Waals surface area contributed by atoms with Crippen molar-refractivity contribution in [1.82, 2.24) is 20.1 Å². The average Bonchev–Trinajstić information content (AvgIpc) is 2.69. The molecule has 4 aliphatic carbocycles. The van der Waals surface area contributed by atoms with E-state index in [1.807, 2.05) is 14.0 Å². The Kier molecular flexibility index (Phi) is 2.69. The van der Waals surface area contributed by atoms with E-state index in [9.17, 15) is 0 Å². The van der Waals surface area contributed by atoms with Gasteiger partial charge in [0.25, 0.3) is 0 Å². The molecule has 4 bridgehead atoms. The minimum atomic E-state index is 0.636. The summed E-state index contributed by atoms with van der Waals surface area (Å²) in [5.74, 6) is 5.85. The van der Waals surface area contributed by atoms with Crippen LogP contribution < -0.4 is 5.32 Å². The van der Waals surface area contributed by atoms with E-state index in [4.69, 9.17) is 5.10 Å². The maximum absolute atomic E-state index is 4.74. The van der Waals surface area contributed by atoms with Crippen LogP contribution >= 0.6 is 0 Å². The number of nitrogens with zero attached hydrogens (tertiary/aromatic N) is 3. The summed E-state index contributed by atoms with van der Waals surface area (Å²) in [7, 11) is 1.99. The van der Waals surface area contributed by atoms with Crippen LogP contribution in [0.4, 0.5) is 0 Å². The van der Waals surface area contributed by atoms with Gasteiger partial charge in [-0.05, 0) is 69.7 Å². The Morgan fingerprint density at radius 3 is 2.32 bits per heavy atom. The molecule has 4 saturated carbocycles. The molecule has 0 radical (unpaired) electrons. The first-order valence-electron chi connectivity index (χ1n) is 7.81. The van der Waals surface area contributed by atoms with Gasteiger partial charge in [-0.3, -0.25) is 0 Å². The van der Waals surface area contributed by atoms with Crippen LogP contribution in [0.3, 0.4) is 0 Å². The molecular weight excluding hydrogens is 236 g/mol. The van der Waals surface area contributed by atoms with Crippen molar-refractivity contribution in [2.24, 2.45) is 23.7 Å². The van der Waals surface area contributed by atoms with Gasteiger partial charge in [0.15, 0.2) is 0 Å².